The van der Waals surface area contributed by atoms with E-state index in [0.717, 1.165) is 51.4 Å². The number of unbranched alkanes of at least 4 members (excludes halogenated alkanes) is 5. The summed E-state index contributed by atoms with van der Waals surface area (Å²) >= 11 is 0. The third kappa shape index (κ3) is 11.5. The predicted molar refractivity (Wildman–Crippen MR) is 136 cm³/mol. The molecular weight excluding hydrogens is 430 g/mol. The van der Waals surface area contributed by atoms with E-state index in [9.17, 15) is 9.59 Å². The Morgan fingerprint density at radius 1 is 1.09 bits per heavy atom. The predicted octanol–water partition coefficient (Wildman–Crippen LogP) is 5.64. The summed E-state index contributed by atoms with van der Waals surface area (Å²) in [5.74, 6) is 0.00997. The molecule has 2 heterocycles. The van der Waals surface area contributed by atoms with Gasteiger partial charge in [-0.1, -0.05) is 62.6 Å². The van der Waals surface area contributed by atoms with Crippen molar-refractivity contribution in [2.45, 2.75) is 96.3 Å². The summed E-state index contributed by atoms with van der Waals surface area (Å²) in [5.41, 5.74) is 5.09. The summed E-state index contributed by atoms with van der Waals surface area (Å²) < 4.78 is 12.6. The molecule has 1 fully saturated rings. The number of esters is 1. The van der Waals surface area contributed by atoms with E-state index in [1.54, 1.807) is 12.3 Å². The monoisotopic (exact) mass is 471 g/mol. The number of aromatic nitrogens is 2. The molecule has 1 saturated heterocycles. The largest absolute Gasteiger partial charge is 0.463 e. The van der Waals surface area contributed by atoms with Gasteiger partial charge in [0.15, 0.2) is 0 Å². The highest BCUT2D eigenvalue weighted by Crippen LogP contribution is 2.27. The standard InChI is InChI=1S/C27H41N3O4/c1-2-3-4-5-6-7-8-9-10-11-12-13-14-15-16-17-26(31)33-22-23-18-19-25(34-23)30-21-20-24(28)29-27(30)32/h3-4,6-7,9-10,20-21,23,25H,2,5,8,11-19,22H2,1H3,(H2,28,29,32)/t23-,25-/m0/s1. The Kier molecular flexibility index (Phi) is 13.7. The van der Waals surface area contributed by atoms with Crippen LogP contribution in [0.4, 0.5) is 5.82 Å². The zero-order chi connectivity index (χ0) is 24.4. The molecule has 2 N–H and O–H groups in total. The fourth-order valence-corrected chi connectivity index (χ4v) is 3.81. The number of rotatable bonds is 16. The van der Waals surface area contributed by atoms with Crippen molar-refractivity contribution >= 4 is 11.8 Å². The molecule has 7 nitrogen and oxygen atoms in total. The van der Waals surface area contributed by atoms with Gasteiger partial charge in [0.05, 0.1) is 6.10 Å². The molecule has 0 saturated carbocycles. The van der Waals surface area contributed by atoms with Crippen LogP contribution >= 0.6 is 0 Å². The van der Waals surface area contributed by atoms with Crippen LogP contribution in [0.25, 0.3) is 0 Å². The van der Waals surface area contributed by atoms with Gasteiger partial charge < -0.3 is 15.2 Å². The van der Waals surface area contributed by atoms with Crippen LogP contribution < -0.4 is 11.4 Å². The van der Waals surface area contributed by atoms with E-state index in [1.807, 2.05) is 0 Å². The third-order valence-corrected chi connectivity index (χ3v) is 5.71. The van der Waals surface area contributed by atoms with Crippen molar-refractivity contribution in [1.29, 1.82) is 0 Å². The first-order chi connectivity index (χ1) is 16.6. The second-order valence-electron chi connectivity index (χ2n) is 8.62. The van der Waals surface area contributed by atoms with Crippen molar-refractivity contribution in [3.8, 4) is 0 Å². The molecule has 0 radical (unpaired) electrons. The second kappa shape index (κ2) is 16.9. The fourth-order valence-electron chi connectivity index (χ4n) is 3.81. The van der Waals surface area contributed by atoms with Crippen LogP contribution in [0.3, 0.4) is 0 Å². The Hall–Kier alpha value is -2.67. The van der Waals surface area contributed by atoms with Gasteiger partial charge in [-0.15, -0.1) is 0 Å². The molecule has 2 rings (SSSR count). The number of carbonyl (C=O) groups excluding carboxylic acids is 1. The van der Waals surface area contributed by atoms with E-state index in [2.05, 4.69) is 48.4 Å². The van der Waals surface area contributed by atoms with Gasteiger partial charge in [0.2, 0.25) is 0 Å². The minimum atomic E-state index is -0.429. The normalized spacial score (nSPS) is 18.5. The van der Waals surface area contributed by atoms with E-state index >= 15 is 0 Å². The van der Waals surface area contributed by atoms with Crippen LogP contribution in [-0.4, -0.2) is 28.2 Å². The molecule has 0 unspecified atom stereocenters. The fraction of sp³-hybridized carbons (Fsp3) is 0.593. The van der Waals surface area contributed by atoms with Crippen molar-refractivity contribution in [2.24, 2.45) is 0 Å². The molecule has 0 aliphatic carbocycles. The molecule has 0 aromatic carbocycles. The first kappa shape index (κ1) is 27.6. The van der Waals surface area contributed by atoms with Crippen LogP contribution in [-0.2, 0) is 14.3 Å². The van der Waals surface area contributed by atoms with Crippen LogP contribution in [0, 0.1) is 0 Å². The zero-order valence-corrected chi connectivity index (χ0v) is 20.6. The number of ether oxygens (including phenoxy) is 2. The first-order valence-electron chi connectivity index (χ1n) is 12.7. The van der Waals surface area contributed by atoms with Gasteiger partial charge in [0.25, 0.3) is 0 Å². The minimum absolute atomic E-state index is 0.181. The summed E-state index contributed by atoms with van der Waals surface area (Å²) in [6.07, 6.45) is 25.8. The number of allylic oxidation sites excluding steroid dienone is 6. The van der Waals surface area contributed by atoms with Crippen molar-refractivity contribution in [3.63, 3.8) is 0 Å². The van der Waals surface area contributed by atoms with Gasteiger partial charge >= 0.3 is 11.7 Å². The smallest absolute Gasteiger partial charge is 0.351 e. The van der Waals surface area contributed by atoms with Crippen molar-refractivity contribution in [1.82, 2.24) is 9.55 Å². The van der Waals surface area contributed by atoms with E-state index in [-0.39, 0.29) is 30.7 Å². The second-order valence-corrected chi connectivity index (χ2v) is 8.62. The zero-order valence-electron chi connectivity index (χ0n) is 20.6. The van der Waals surface area contributed by atoms with E-state index in [4.69, 9.17) is 15.2 Å². The molecule has 34 heavy (non-hydrogen) atoms. The average Bonchev–Trinajstić information content (AvgIpc) is 3.29. The van der Waals surface area contributed by atoms with Gasteiger partial charge in [0.1, 0.15) is 18.7 Å². The van der Waals surface area contributed by atoms with Gasteiger partial charge in [-0.05, 0) is 57.4 Å². The number of nitrogens with two attached hydrogens (primary N) is 1. The lowest BCUT2D eigenvalue weighted by molar-refractivity contribution is -0.148. The number of carbonyl (C=O) groups is 1. The lowest BCUT2D eigenvalue weighted by Gasteiger charge is -2.15. The quantitative estimate of drug-likeness (QED) is 0.190. The van der Waals surface area contributed by atoms with E-state index in [0.29, 0.717) is 12.8 Å². The summed E-state index contributed by atoms with van der Waals surface area (Å²) in [4.78, 5) is 27.6. The lowest BCUT2D eigenvalue weighted by atomic mass is 10.1. The van der Waals surface area contributed by atoms with Gasteiger partial charge in [-0.3, -0.25) is 9.36 Å². The van der Waals surface area contributed by atoms with Crippen LogP contribution in [0.5, 0.6) is 0 Å². The maximum atomic E-state index is 12.0. The molecule has 0 amide bonds. The number of anilines is 1. The third-order valence-electron chi connectivity index (χ3n) is 5.71. The molecule has 188 valence electrons. The Morgan fingerprint density at radius 2 is 1.79 bits per heavy atom. The number of hydrogen-bond donors (Lipinski definition) is 1. The molecule has 2 atom stereocenters. The number of hydrogen-bond acceptors (Lipinski definition) is 6. The Morgan fingerprint density at radius 3 is 2.56 bits per heavy atom. The molecular formula is C27H41N3O4. The van der Waals surface area contributed by atoms with Crippen molar-refractivity contribution in [3.05, 3.63) is 59.2 Å². The summed E-state index contributed by atoms with van der Waals surface area (Å²) in [6, 6.07) is 1.57. The molecule has 7 heteroatoms. The number of nitrogen functional groups attached to an aromatic ring is 1. The highest BCUT2D eigenvalue weighted by Gasteiger charge is 2.28. The Bertz CT molecular complexity index is 860. The average molecular weight is 472 g/mol. The van der Waals surface area contributed by atoms with Gasteiger partial charge in [-0.2, -0.15) is 4.98 Å². The Balaban J connectivity index is 1.44. The minimum Gasteiger partial charge on any atom is -0.463 e. The lowest BCUT2D eigenvalue weighted by Crippen LogP contribution is -2.28. The first-order valence-corrected chi connectivity index (χ1v) is 12.7. The molecule has 1 aromatic heterocycles. The maximum absolute atomic E-state index is 12.0. The van der Waals surface area contributed by atoms with Crippen molar-refractivity contribution in [2.75, 3.05) is 12.3 Å². The molecule has 1 aliphatic heterocycles. The topological polar surface area (TPSA) is 96.4 Å². The van der Waals surface area contributed by atoms with Gasteiger partial charge in [-0.25, -0.2) is 4.79 Å². The summed E-state index contributed by atoms with van der Waals surface area (Å²) in [7, 11) is 0. The van der Waals surface area contributed by atoms with Crippen LogP contribution in [0.1, 0.15) is 90.2 Å². The van der Waals surface area contributed by atoms with Crippen LogP contribution in [0.15, 0.2) is 53.5 Å². The van der Waals surface area contributed by atoms with Crippen LogP contribution in [0.2, 0.25) is 0 Å². The Labute approximate surface area is 203 Å². The van der Waals surface area contributed by atoms with Crippen molar-refractivity contribution < 1.29 is 14.3 Å². The van der Waals surface area contributed by atoms with Gasteiger partial charge in [0, 0.05) is 12.6 Å². The highest BCUT2D eigenvalue weighted by molar-refractivity contribution is 5.69. The molecule has 0 bridgehead atoms. The number of nitrogens with zero attached hydrogens (tertiary/aromatic N) is 2. The SMILES string of the molecule is CCC=CCC=CCC=CCCCCCCCC(=O)OC[C@@H]1CC[C@@H](n2ccc(N)nc2=O)O1. The summed E-state index contributed by atoms with van der Waals surface area (Å²) in [6.45, 7) is 2.37. The molecule has 1 aromatic rings. The maximum Gasteiger partial charge on any atom is 0.351 e. The highest BCUT2D eigenvalue weighted by atomic mass is 16.6. The molecule has 0 spiro atoms. The molecule has 1 aliphatic rings. The summed E-state index contributed by atoms with van der Waals surface area (Å²) in [5, 5.41) is 0. The van der Waals surface area contributed by atoms with E-state index < -0.39 is 5.69 Å². The van der Waals surface area contributed by atoms with E-state index in [1.165, 1.54) is 17.4 Å².